The molecule has 1 fully saturated rings. The summed E-state index contributed by atoms with van der Waals surface area (Å²) in [5.41, 5.74) is 1.86. The van der Waals surface area contributed by atoms with Crippen molar-refractivity contribution in [1.82, 2.24) is 5.01 Å². The predicted octanol–water partition coefficient (Wildman–Crippen LogP) is 3.51. The highest BCUT2D eigenvalue weighted by Gasteiger charge is 2.09. The maximum absolute atomic E-state index is 12.0. The highest BCUT2D eigenvalue weighted by atomic mass is 16.1. The van der Waals surface area contributed by atoms with Crippen molar-refractivity contribution in [3.63, 3.8) is 0 Å². The number of carbonyl (C=O) groups is 1. The topological polar surface area (TPSA) is 32.7 Å². The minimum absolute atomic E-state index is 0.203. The molecular weight excluding hydrogens is 236 g/mol. The second-order valence-electron chi connectivity index (χ2n) is 5.14. The zero-order valence-corrected chi connectivity index (χ0v) is 11.6. The van der Waals surface area contributed by atoms with Gasteiger partial charge in [-0.2, -0.15) is 5.10 Å². The second-order valence-corrected chi connectivity index (χ2v) is 5.14. The van der Waals surface area contributed by atoms with E-state index in [1.807, 2.05) is 37.3 Å². The van der Waals surface area contributed by atoms with Crippen LogP contribution in [0, 0.1) is 0 Å². The molecule has 0 amide bonds. The summed E-state index contributed by atoms with van der Waals surface area (Å²) in [7, 11) is 0. The Balaban J connectivity index is 1.81. The van der Waals surface area contributed by atoms with Crippen LogP contribution in [-0.2, 0) is 0 Å². The van der Waals surface area contributed by atoms with Crippen molar-refractivity contribution < 1.29 is 4.79 Å². The van der Waals surface area contributed by atoms with E-state index in [0.717, 1.165) is 30.8 Å². The van der Waals surface area contributed by atoms with Crippen molar-refractivity contribution >= 4 is 11.5 Å². The van der Waals surface area contributed by atoms with E-state index in [0.29, 0.717) is 6.42 Å². The molecule has 0 aliphatic carbocycles. The summed E-state index contributed by atoms with van der Waals surface area (Å²) >= 11 is 0. The van der Waals surface area contributed by atoms with Crippen molar-refractivity contribution in [2.75, 3.05) is 13.1 Å². The van der Waals surface area contributed by atoms with Gasteiger partial charge in [-0.1, -0.05) is 30.3 Å². The molecule has 0 spiro atoms. The molecule has 0 saturated carbocycles. The molecule has 1 heterocycles. The molecule has 0 aromatic heterocycles. The monoisotopic (exact) mass is 258 g/mol. The van der Waals surface area contributed by atoms with E-state index < -0.39 is 0 Å². The molecule has 0 bridgehead atoms. The number of Topliss-reactive ketones (excluding diaryl/α,β-unsaturated/α-hetero) is 1. The first-order valence-electron chi connectivity index (χ1n) is 7.13. The lowest BCUT2D eigenvalue weighted by Gasteiger charge is -2.24. The molecule has 2 rings (SSSR count). The number of ketones is 1. The number of benzene rings is 1. The Labute approximate surface area is 115 Å². The normalized spacial score (nSPS) is 16.5. The third-order valence-electron chi connectivity index (χ3n) is 3.45. The average molecular weight is 258 g/mol. The van der Waals surface area contributed by atoms with Crippen LogP contribution in [0.3, 0.4) is 0 Å². The number of piperidine rings is 1. The molecule has 19 heavy (non-hydrogen) atoms. The number of rotatable bonds is 5. The van der Waals surface area contributed by atoms with E-state index in [2.05, 4.69) is 10.1 Å². The van der Waals surface area contributed by atoms with Crippen molar-refractivity contribution in [2.45, 2.75) is 39.0 Å². The Morgan fingerprint density at radius 2 is 1.79 bits per heavy atom. The van der Waals surface area contributed by atoms with Gasteiger partial charge in [-0.05, 0) is 32.6 Å². The fourth-order valence-corrected chi connectivity index (χ4v) is 2.33. The van der Waals surface area contributed by atoms with Gasteiger partial charge < -0.3 is 0 Å². The van der Waals surface area contributed by atoms with Crippen LogP contribution in [0.1, 0.15) is 49.4 Å². The van der Waals surface area contributed by atoms with Crippen LogP contribution in [0.2, 0.25) is 0 Å². The predicted molar refractivity (Wildman–Crippen MR) is 78.5 cm³/mol. The van der Waals surface area contributed by atoms with Gasteiger partial charge in [0, 0.05) is 30.8 Å². The highest BCUT2D eigenvalue weighted by Crippen LogP contribution is 2.10. The highest BCUT2D eigenvalue weighted by molar-refractivity contribution is 5.98. The lowest BCUT2D eigenvalue weighted by Crippen LogP contribution is -2.25. The van der Waals surface area contributed by atoms with Crippen LogP contribution >= 0.6 is 0 Å². The summed E-state index contributed by atoms with van der Waals surface area (Å²) in [4.78, 5) is 12.0. The van der Waals surface area contributed by atoms with Gasteiger partial charge in [0.25, 0.3) is 0 Å². The van der Waals surface area contributed by atoms with E-state index in [1.54, 1.807) is 0 Å². The van der Waals surface area contributed by atoms with Gasteiger partial charge in [0.15, 0.2) is 5.78 Å². The molecule has 3 nitrogen and oxygen atoms in total. The molecule has 1 aliphatic rings. The zero-order chi connectivity index (χ0) is 13.5. The third-order valence-corrected chi connectivity index (χ3v) is 3.45. The van der Waals surface area contributed by atoms with Gasteiger partial charge in [-0.25, -0.2) is 0 Å². The summed E-state index contributed by atoms with van der Waals surface area (Å²) in [6.07, 6.45) is 5.09. The van der Waals surface area contributed by atoms with Gasteiger partial charge in [-0.15, -0.1) is 0 Å². The zero-order valence-electron chi connectivity index (χ0n) is 11.6. The molecular formula is C16H22N2O. The molecule has 1 aromatic carbocycles. The minimum Gasteiger partial charge on any atom is -0.297 e. The largest absolute Gasteiger partial charge is 0.297 e. The number of hydrogen-bond donors (Lipinski definition) is 0. The van der Waals surface area contributed by atoms with Gasteiger partial charge in [0.05, 0.1) is 0 Å². The maximum Gasteiger partial charge on any atom is 0.163 e. The molecule has 0 unspecified atom stereocenters. The summed E-state index contributed by atoms with van der Waals surface area (Å²) in [5, 5.41) is 6.74. The third kappa shape index (κ3) is 4.51. The molecule has 0 radical (unpaired) electrons. The van der Waals surface area contributed by atoms with Crippen molar-refractivity contribution in [3.8, 4) is 0 Å². The summed E-state index contributed by atoms with van der Waals surface area (Å²) in [5.74, 6) is 0.203. The standard InChI is InChI=1S/C16H22N2O/c1-14(17-18-12-6-3-7-13-18)10-11-16(19)15-8-4-2-5-9-15/h2,4-5,8-9H,3,6-7,10-13H2,1H3/b17-14+. The van der Waals surface area contributed by atoms with Gasteiger partial charge in [0.1, 0.15) is 0 Å². The SMILES string of the molecule is C/C(CCC(=O)c1ccccc1)=N\N1CCCCC1. The molecule has 1 aromatic rings. The quantitative estimate of drug-likeness (QED) is 0.598. The Kier molecular flexibility index (Phi) is 5.13. The van der Waals surface area contributed by atoms with Crippen LogP contribution in [-0.4, -0.2) is 29.6 Å². The Bertz CT molecular complexity index is 433. The van der Waals surface area contributed by atoms with E-state index in [9.17, 15) is 4.79 Å². The van der Waals surface area contributed by atoms with Crippen LogP contribution in [0.5, 0.6) is 0 Å². The van der Waals surface area contributed by atoms with Crippen molar-refractivity contribution in [2.24, 2.45) is 5.10 Å². The van der Waals surface area contributed by atoms with Gasteiger partial charge in [0.2, 0.25) is 0 Å². The van der Waals surface area contributed by atoms with Gasteiger partial charge in [-0.3, -0.25) is 9.80 Å². The first kappa shape index (κ1) is 13.8. The van der Waals surface area contributed by atoms with Crippen molar-refractivity contribution in [1.29, 1.82) is 0 Å². The molecule has 1 aliphatic heterocycles. The van der Waals surface area contributed by atoms with Crippen molar-refractivity contribution in [3.05, 3.63) is 35.9 Å². The summed E-state index contributed by atoms with van der Waals surface area (Å²) < 4.78 is 0. The Morgan fingerprint density at radius 1 is 1.11 bits per heavy atom. The van der Waals surface area contributed by atoms with E-state index >= 15 is 0 Å². The fourth-order valence-electron chi connectivity index (χ4n) is 2.33. The Morgan fingerprint density at radius 3 is 2.47 bits per heavy atom. The minimum atomic E-state index is 0.203. The molecule has 0 atom stereocenters. The average Bonchev–Trinajstić information content (AvgIpc) is 2.47. The van der Waals surface area contributed by atoms with Crippen LogP contribution < -0.4 is 0 Å². The van der Waals surface area contributed by atoms with Crippen LogP contribution in [0.25, 0.3) is 0 Å². The molecule has 3 heteroatoms. The number of nitrogens with zero attached hydrogens (tertiary/aromatic N) is 2. The number of hydrogen-bond acceptors (Lipinski definition) is 3. The number of hydrazone groups is 1. The van der Waals surface area contributed by atoms with E-state index in [4.69, 9.17) is 0 Å². The molecule has 102 valence electrons. The lowest BCUT2D eigenvalue weighted by molar-refractivity contribution is 0.0984. The maximum atomic E-state index is 12.0. The fraction of sp³-hybridized carbons (Fsp3) is 0.500. The summed E-state index contributed by atoms with van der Waals surface area (Å²) in [6, 6.07) is 9.49. The van der Waals surface area contributed by atoms with Gasteiger partial charge >= 0.3 is 0 Å². The smallest absolute Gasteiger partial charge is 0.163 e. The molecule has 1 saturated heterocycles. The summed E-state index contributed by atoms with van der Waals surface area (Å²) in [6.45, 7) is 4.14. The second kappa shape index (κ2) is 7.07. The van der Waals surface area contributed by atoms with Crippen LogP contribution in [0.15, 0.2) is 35.4 Å². The van der Waals surface area contributed by atoms with E-state index in [1.165, 1.54) is 19.3 Å². The lowest BCUT2D eigenvalue weighted by atomic mass is 10.1. The first-order chi connectivity index (χ1) is 9.25. The molecule has 0 N–H and O–H groups in total. The first-order valence-corrected chi connectivity index (χ1v) is 7.13. The van der Waals surface area contributed by atoms with E-state index in [-0.39, 0.29) is 5.78 Å². The number of carbonyl (C=O) groups excluding carboxylic acids is 1. The Hall–Kier alpha value is -1.64. The van der Waals surface area contributed by atoms with Crippen LogP contribution in [0.4, 0.5) is 0 Å².